The Morgan fingerprint density at radius 1 is 1.38 bits per heavy atom. The fraction of sp³-hybridized carbons (Fsp3) is 0.727. The molecule has 1 aliphatic carbocycles. The SMILES string of the molecule is CC/C=C/C1CCC(C(=O)O)CC1. The van der Waals surface area contributed by atoms with Gasteiger partial charge in [-0.05, 0) is 38.0 Å². The highest BCUT2D eigenvalue weighted by Crippen LogP contribution is 2.29. The third-order valence-electron chi connectivity index (χ3n) is 2.77. The van der Waals surface area contributed by atoms with Gasteiger partial charge in [0.2, 0.25) is 0 Å². The maximum absolute atomic E-state index is 10.7. The third-order valence-corrected chi connectivity index (χ3v) is 2.77. The van der Waals surface area contributed by atoms with Gasteiger partial charge in [0.05, 0.1) is 5.92 Å². The molecule has 0 heterocycles. The molecule has 74 valence electrons. The van der Waals surface area contributed by atoms with Crippen molar-refractivity contribution in [1.82, 2.24) is 0 Å². The molecule has 0 aromatic heterocycles. The van der Waals surface area contributed by atoms with Crippen LogP contribution in [0.2, 0.25) is 0 Å². The maximum atomic E-state index is 10.7. The summed E-state index contributed by atoms with van der Waals surface area (Å²) >= 11 is 0. The van der Waals surface area contributed by atoms with E-state index in [0.717, 1.165) is 32.1 Å². The standard InChI is InChI=1S/C11H18O2/c1-2-3-4-9-5-7-10(8-6-9)11(12)13/h3-4,9-10H,2,5-8H2,1H3,(H,12,13)/b4-3+. The van der Waals surface area contributed by atoms with E-state index in [9.17, 15) is 4.79 Å². The number of rotatable bonds is 3. The lowest BCUT2D eigenvalue weighted by Crippen LogP contribution is -2.20. The molecule has 1 N–H and O–H groups in total. The zero-order valence-electron chi connectivity index (χ0n) is 8.20. The molecule has 1 saturated carbocycles. The van der Waals surface area contributed by atoms with Crippen LogP contribution < -0.4 is 0 Å². The molecular formula is C11H18O2. The van der Waals surface area contributed by atoms with Crippen LogP contribution in [0.3, 0.4) is 0 Å². The van der Waals surface area contributed by atoms with Crippen LogP contribution in [-0.4, -0.2) is 11.1 Å². The van der Waals surface area contributed by atoms with E-state index in [2.05, 4.69) is 19.1 Å². The molecule has 0 bridgehead atoms. The van der Waals surface area contributed by atoms with Gasteiger partial charge in [-0.1, -0.05) is 19.1 Å². The van der Waals surface area contributed by atoms with Gasteiger partial charge in [-0.3, -0.25) is 4.79 Å². The quantitative estimate of drug-likeness (QED) is 0.681. The topological polar surface area (TPSA) is 37.3 Å². The fourth-order valence-electron chi connectivity index (χ4n) is 1.89. The van der Waals surface area contributed by atoms with E-state index in [-0.39, 0.29) is 5.92 Å². The average Bonchev–Trinajstić information content (AvgIpc) is 2.15. The summed E-state index contributed by atoms with van der Waals surface area (Å²) in [5, 5.41) is 8.78. The summed E-state index contributed by atoms with van der Waals surface area (Å²) in [6.07, 6.45) is 9.33. The van der Waals surface area contributed by atoms with Gasteiger partial charge < -0.3 is 5.11 Å². The van der Waals surface area contributed by atoms with Crippen molar-refractivity contribution < 1.29 is 9.90 Å². The van der Waals surface area contributed by atoms with Crippen molar-refractivity contribution in [2.45, 2.75) is 39.0 Å². The molecular weight excluding hydrogens is 164 g/mol. The summed E-state index contributed by atoms with van der Waals surface area (Å²) in [7, 11) is 0. The Bertz CT molecular complexity index is 188. The van der Waals surface area contributed by atoms with Crippen molar-refractivity contribution >= 4 is 5.97 Å². The number of carboxylic acids is 1. The summed E-state index contributed by atoms with van der Waals surface area (Å²) in [6.45, 7) is 2.12. The van der Waals surface area contributed by atoms with Crippen molar-refractivity contribution in [3.05, 3.63) is 12.2 Å². The highest BCUT2D eigenvalue weighted by atomic mass is 16.4. The minimum absolute atomic E-state index is 0.0775. The third kappa shape index (κ3) is 3.21. The van der Waals surface area contributed by atoms with Gasteiger partial charge >= 0.3 is 5.97 Å². The number of allylic oxidation sites excluding steroid dienone is 2. The normalized spacial score (nSPS) is 29.3. The smallest absolute Gasteiger partial charge is 0.306 e. The Labute approximate surface area is 79.6 Å². The Hall–Kier alpha value is -0.790. The van der Waals surface area contributed by atoms with E-state index >= 15 is 0 Å². The Morgan fingerprint density at radius 3 is 2.46 bits per heavy atom. The molecule has 0 aliphatic heterocycles. The molecule has 0 spiro atoms. The fourth-order valence-corrected chi connectivity index (χ4v) is 1.89. The van der Waals surface area contributed by atoms with E-state index in [1.54, 1.807) is 0 Å². The summed E-state index contributed by atoms with van der Waals surface area (Å²) in [5.41, 5.74) is 0. The van der Waals surface area contributed by atoms with Crippen molar-refractivity contribution in [1.29, 1.82) is 0 Å². The van der Waals surface area contributed by atoms with Crippen LogP contribution in [0.1, 0.15) is 39.0 Å². The zero-order chi connectivity index (χ0) is 9.68. The van der Waals surface area contributed by atoms with Crippen LogP contribution in [0.4, 0.5) is 0 Å². The predicted octanol–water partition coefficient (Wildman–Crippen LogP) is 2.84. The zero-order valence-corrected chi connectivity index (χ0v) is 8.20. The van der Waals surface area contributed by atoms with Crippen LogP contribution in [0.15, 0.2) is 12.2 Å². The first-order valence-electron chi connectivity index (χ1n) is 5.13. The number of carbonyl (C=O) groups is 1. The molecule has 0 radical (unpaired) electrons. The second-order valence-corrected chi connectivity index (χ2v) is 3.79. The Kier molecular flexibility index (Phi) is 4.00. The van der Waals surface area contributed by atoms with E-state index in [4.69, 9.17) is 5.11 Å². The molecule has 0 atom stereocenters. The maximum Gasteiger partial charge on any atom is 0.306 e. The van der Waals surface area contributed by atoms with Gasteiger partial charge in [-0.15, -0.1) is 0 Å². The molecule has 2 heteroatoms. The van der Waals surface area contributed by atoms with E-state index in [0.29, 0.717) is 5.92 Å². The highest BCUT2D eigenvalue weighted by molar-refractivity contribution is 5.70. The van der Waals surface area contributed by atoms with Gasteiger partial charge in [0, 0.05) is 0 Å². The lowest BCUT2D eigenvalue weighted by atomic mass is 9.82. The second-order valence-electron chi connectivity index (χ2n) is 3.79. The van der Waals surface area contributed by atoms with Crippen molar-refractivity contribution in [2.75, 3.05) is 0 Å². The lowest BCUT2D eigenvalue weighted by molar-refractivity contribution is -0.142. The molecule has 1 rings (SSSR count). The molecule has 0 unspecified atom stereocenters. The van der Waals surface area contributed by atoms with Crippen LogP contribution in [0.25, 0.3) is 0 Å². The second kappa shape index (κ2) is 5.05. The summed E-state index contributed by atoms with van der Waals surface area (Å²) in [6, 6.07) is 0. The van der Waals surface area contributed by atoms with Crippen LogP contribution in [0.5, 0.6) is 0 Å². The monoisotopic (exact) mass is 182 g/mol. The summed E-state index contributed by atoms with van der Waals surface area (Å²) < 4.78 is 0. The van der Waals surface area contributed by atoms with Gasteiger partial charge in [-0.2, -0.15) is 0 Å². The first-order chi connectivity index (χ1) is 6.24. The summed E-state index contributed by atoms with van der Waals surface area (Å²) in [5.74, 6) is -0.0558. The first-order valence-corrected chi connectivity index (χ1v) is 5.13. The van der Waals surface area contributed by atoms with E-state index in [1.807, 2.05) is 0 Å². The molecule has 0 aromatic carbocycles. The molecule has 1 fully saturated rings. The van der Waals surface area contributed by atoms with Gasteiger partial charge in [0.1, 0.15) is 0 Å². The van der Waals surface area contributed by atoms with Gasteiger partial charge in [0.15, 0.2) is 0 Å². The molecule has 13 heavy (non-hydrogen) atoms. The number of carboxylic acid groups (broad SMARTS) is 1. The molecule has 0 saturated heterocycles. The molecule has 1 aliphatic rings. The molecule has 0 amide bonds. The van der Waals surface area contributed by atoms with Crippen molar-refractivity contribution in [2.24, 2.45) is 11.8 Å². The van der Waals surface area contributed by atoms with Crippen LogP contribution in [0, 0.1) is 11.8 Å². The average molecular weight is 182 g/mol. The molecule has 0 aromatic rings. The highest BCUT2D eigenvalue weighted by Gasteiger charge is 2.24. The summed E-state index contributed by atoms with van der Waals surface area (Å²) in [4.78, 5) is 10.7. The Morgan fingerprint density at radius 2 is 2.00 bits per heavy atom. The lowest BCUT2D eigenvalue weighted by Gasteiger charge is -2.23. The van der Waals surface area contributed by atoms with E-state index < -0.39 is 5.97 Å². The van der Waals surface area contributed by atoms with Crippen LogP contribution >= 0.6 is 0 Å². The predicted molar refractivity (Wildman–Crippen MR) is 52.5 cm³/mol. The number of hydrogen-bond acceptors (Lipinski definition) is 1. The number of aliphatic carboxylic acids is 1. The van der Waals surface area contributed by atoms with E-state index in [1.165, 1.54) is 0 Å². The number of hydrogen-bond donors (Lipinski definition) is 1. The Balaban J connectivity index is 2.30. The van der Waals surface area contributed by atoms with Gasteiger partial charge in [-0.25, -0.2) is 0 Å². The molecule has 2 nitrogen and oxygen atoms in total. The largest absolute Gasteiger partial charge is 0.481 e. The minimum Gasteiger partial charge on any atom is -0.481 e. The van der Waals surface area contributed by atoms with Crippen molar-refractivity contribution in [3.8, 4) is 0 Å². The first kappa shape index (κ1) is 10.3. The van der Waals surface area contributed by atoms with Crippen molar-refractivity contribution in [3.63, 3.8) is 0 Å². The van der Waals surface area contributed by atoms with Gasteiger partial charge in [0.25, 0.3) is 0 Å². The minimum atomic E-state index is -0.613. The van der Waals surface area contributed by atoms with Crippen LogP contribution in [-0.2, 0) is 4.79 Å².